The van der Waals surface area contributed by atoms with E-state index in [9.17, 15) is 0 Å². The smallest absolute Gasteiger partial charge is 0.0661 e. The second kappa shape index (κ2) is 16.8. The molecule has 0 saturated carbocycles. The molecule has 0 saturated heterocycles. The van der Waals surface area contributed by atoms with Crippen LogP contribution in [-0.2, 0) is 0 Å². The molecule has 0 radical (unpaired) electrons. The number of hydrogen-bond acceptors (Lipinski definition) is 1. The first-order valence-corrected chi connectivity index (χ1v) is 2.50. The molecular weight excluding hydrogens is 88.1 g/mol. The molecule has 0 spiro atoms. The maximum Gasteiger partial charge on any atom is 0.0661 e. The molecule has 48 valence electrons. The van der Waals surface area contributed by atoms with E-state index in [-0.39, 0.29) is 6.15 Å². The van der Waals surface area contributed by atoms with Gasteiger partial charge in [-0.25, -0.2) is 0 Å². The normalized spacial score (nSPS) is 6.00. The fourth-order valence-corrected chi connectivity index (χ4v) is 0. The van der Waals surface area contributed by atoms with Crippen LogP contribution < -0.4 is 11.1 Å². The topological polar surface area (TPSA) is 39.4 Å². The third-order valence-electron chi connectivity index (χ3n) is 0. The molecule has 0 bridgehead atoms. The van der Waals surface area contributed by atoms with Crippen LogP contribution in [0.25, 0.3) is 0 Å². The predicted molar refractivity (Wildman–Crippen MR) is 35.1 cm³/mol. The number of rotatable bonds is 0. The average Bonchev–Trinajstić information content (AvgIpc) is 1.41. The first-order chi connectivity index (χ1) is 2.73. The van der Waals surface area contributed by atoms with Gasteiger partial charge in [-0.05, 0) is 0 Å². The lowest BCUT2D eigenvalue weighted by molar-refractivity contribution is -0.836. The van der Waals surface area contributed by atoms with Gasteiger partial charge in [-0.2, -0.15) is 0 Å². The summed E-state index contributed by atoms with van der Waals surface area (Å²) >= 11 is 0. The highest BCUT2D eigenvalue weighted by molar-refractivity contribution is 3.59. The van der Waals surface area contributed by atoms with E-state index in [1.165, 1.54) is 4.90 Å². The summed E-state index contributed by atoms with van der Waals surface area (Å²) in [5, 5.41) is 0. The molecule has 0 aliphatic heterocycles. The molecule has 0 unspecified atom stereocenters. The van der Waals surface area contributed by atoms with E-state index in [1.807, 2.05) is 13.8 Å². The van der Waals surface area contributed by atoms with Gasteiger partial charge in [0.2, 0.25) is 0 Å². The summed E-state index contributed by atoms with van der Waals surface area (Å²) < 4.78 is 0. The zero-order chi connectivity index (χ0) is 5.58. The Kier molecular flexibility index (Phi) is 37.9. The van der Waals surface area contributed by atoms with Crippen LogP contribution in [0.4, 0.5) is 0 Å². The fraction of sp³-hybridized carbons (Fsp3) is 1.00. The Hall–Kier alpha value is -0.0800. The van der Waals surface area contributed by atoms with Gasteiger partial charge in [0.15, 0.2) is 0 Å². The van der Waals surface area contributed by atoms with Crippen molar-refractivity contribution in [1.82, 2.24) is 6.15 Å². The third-order valence-corrected chi connectivity index (χ3v) is 0. The van der Waals surface area contributed by atoms with Crippen molar-refractivity contribution in [3.63, 3.8) is 0 Å². The second-order valence-corrected chi connectivity index (χ2v) is 1.50. The number of nitrogens with one attached hydrogen (secondary N) is 1. The Balaban J connectivity index is -0.0000000480. The lowest BCUT2D eigenvalue weighted by Gasteiger charge is -1.88. The largest absolute Gasteiger partial charge is 0.344 e. The van der Waals surface area contributed by atoms with Crippen molar-refractivity contribution >= 4 is 0 Å². The van der Waals surface area contributed by atoms with Crippen LogP contribution >= 0.6 is 0 Å². The quantitative estimate of drug-likeness (QED) is 0.447. The zero-order valence-corrected chi connectivity index (χ0v) is 6.21. The van der Waals surface area contributed by atoms with Gasteiger partial charge in [-0.3, -0.25) is 0 Å². The summed E-state index contributed by atoms with van der Waals surface area (Å²) in [6.07, 6.45) is 0. The van der Waals surface area contributed by atoms with E-state index in [1.54, 1.807) is 0 Å². The maximum absolute atomic E-state index is 2.08. The summed E-state index contributed by atoms with van der Waals surface area (Å²) in [6.45, 7) is 4.00. The van der Waals surface area contributed by atoms with Gasteiger partial charge in [0.1, 0.15) is 0 Å². The van der Waals surface area contributed by atoms with Crippen molar-refractivity contribution in [2.24, 2.45) is 0 Å². The first kappa shape index (κ1) is 15.8. The molecule has 7 heavy (non-hydrogen) atoms. The van der Waals surface area contributed by atoms with Gasteiger partial charge in [0, 0.05) is 0 Å². The van der Waals surface area contributed by atoms with Crippen LogP contribution in [0.15, 0.2) is 0 Å². The van der Waals surface area contributed by atoms with Gasteiger partial charge in [0.05, 0.1) is 21.1 Å². The van der Waals surface area contributed by atoms with E-state index < -0.39 is 0 Å². The van der Waals surface area contributed by atoms with Crippen molar-refractivity contribution in [3.8, 4) is 0 Å². The minimum absolute atomic E-state index is 0. The standard InChI is InChI=1S/C3H9N.C2H6.H3N/c1-4(2)3;1-2;/h1-3H3;1-2H3;1H3/p+1. The Morgan fingerprint density at radius 3 is 0.857 bits per heavy atom. The van der Waals surface area contributed by atoms with Crippen molar-refractivity contribution in [3.05, 3.63) is 0 Å². The molecule has 4 N–H and O–H groups in total. The molecule has 0 amide bonds. The van der Waals surface area contributed by atoms with Gasteiger partial charge >= 0.3 is 0 Å². The van der Waals surface area contributed by atoms with Crippen molar-refractivity contribution < 1.29 is 4.90 Å². The average molecular weight is 107 g/mol. The molecule has 0 aromatic carbocycles. The Morgan fingerprint density at radius 1 is 0.857 bits per heavy atom. The summed E-state index contributed by atoms with van der Waals surface area (Å²) in [6, 6.07) is 0. The minimum Gasteiger partial charge on any atom is -0.344 e. The van der Waals surface area contributed by atoms with Gasteiger partial charge in [-0.15, -0.1) is 0 Å². The van der Waals surface area contributed by atoms with Crippen LogP contribution in [0.1, 0.15) is 13.8 Å². The molecule has 2 heteroatoms. The molecule has 0 aliphatic carbocycles. The summed E-state index contributed by atoms with van der Waals surface area (Å²) in [5.41, 5.74) is 0. The summed E-state index contributed by atoms with van der Waals surface area (Å²) in [7, 11) is 6.25. The molecule has 2 nitrogen and oxygen atoms in total. The van der Waals surface area contributed by atoms with E-state index in [4.69, 9.17) is 0 Å². The number of quaternary nitrogens is 1. The zero-order valence-electron chi connectivity index (χ0n) is 6.21. The van der Waals surface area contributed by atoms with Gasteiger partial charge in [-0.1, -0.05) is 13.8 Å². The van der Waals surface area contributed by atoms with Crippen LogP contribution in [0.2, 0.25) is 0 Å². The van der Waals surface area contributed by atoms with E-state index in [0.29, 0.717) is 0 Å². The third kappa shape index (κ3) is 14200. The SMILES string of the molecule is CC.C[NH+](C)C.N. The molecule has 0 fully saturated rings. The minimum atomic E-state index is 0. The van der Waals surface area contributed by atoms with Crippen molar-refractivity contribution in [2.45, 2.75) is 13.8 Å². The predicted octanol–water partition coefficient (Wildman–Crippen LogP) is -0.0511. The van der Waals surface area contributed by atoms with Crippen molar-refractivity contribution in [2.75, 3.05) is 21.1 Å². The highest BCUT2D eigenvalue weighted by Gasteiger charge is 1.61. The highest BCUT2D eigenvalue weighted by atomic mass is 15.0. The maximum atomic E-state index is 2.08. The van der Waals surface area contributed by atoms with E-state index in [2.05, 4.69) is 21.1 Å². The molecule has 0 atom stereocenters. The van der Waals surface area contributed by atoms with Crippen molar-refractivity contribution in [1.29, 1.82) is 0 Å². The van der Waals surface area contributed by atoms with Crippen LogP contribution in [-0.4, -0.2) is 21.1 Å². The summed E-state index contributed by atoms with van der Waals surface area (Å²) in [5.74, 6) is 0. The fourth-order valence-electron chi connectivity index (χ4n) is 0. The lowest BCUT2D eigenvalue weighted by atomic mass is 11.0. The Morgan fingerprint density at radius 2 is 0.857 bits per heavy atom. The lowest BCUT2D eigenvalue weighted by Crippen LogP contribution is -3.02. The van der Waals surface area contributed by atoms with Crippen LogP contribution in [0.3, 0.4) is 0 Å². The van der Waals surface area contributed by atoms with Gasteiger partial charge < -0.3 is 11.1 Å². The Labute approximate surface area is 47.1 Å². The highest BCUT2D eigenvalue weighted by Crippen LogP contribution is 1.14. The van der Waals surface area contributed by atoms with Crippen LogP contribution in [0, 0.1) is 0 Å². The van der Waals surface area contributed by atoms with Crippen LogP contribution in [0.5, 0.6) is 0 Å². The second-order valence-electron chi connectivity index (χ2n) is 1.50. The molecule has 0 heterocycles. The molecule has 0 aromatic rings. The van der Waals surface area contributed by atoms with E-state index >= 15 is 0 Å². The molecular formula is C5H19N2+. The molecule has 0 aromatic heterocycles. The first-order valence-electron chi connectivity index (χ1n) is 2.50. The number of hydrogen-bond donors (Lipinski definition) is 2. The Bertz CT molecular complexity index is 10.8. The molecule has 0 aliphatic rings. The van der Waals surface area contributed by atoms with Gasteiger partial charge in [0.25, 0.3) is 0 Å². The summed E-state index contributed by atoms with van der Waals surface area (Å²) in [4.78, 5) is 1.42. The molecule has 0 rings (SSSR count). The monoisotopic (exact) mass is 107 g/mol. The van der Waals surface area contributed by atoms with E-state index in [0.717, 1.165) is 0 Å².